The first-order valence-electron chi connectivity index (χ1n) is 5.72. The fourth-order valence-corrected chi connectivity index (χ4v) is 1.26. The van der Waals surface area contributed by atoms with Crippen LogP contribution in [0.5, 0.6) is 0 Å². The fourth-order valence-electron chi connectivity index (χ4n) is 1.26. The number of hydrogen-bond acceptors (Lipinski definition) is 4. The Morgan fingerprint density at radius 2 is 1.79 bits per heavy atom. The van der Waals surface area contributed by atoms with E-state index < -0.39 is 17.3 Å². The van der Waals surface area contributed by atoms with Crippen LogP contribution in [0.2, 0.25) is 0 Å². The van der Waals surface area contributed by atoms with Crippen LogP contribution in [0.3, 0.4) is 0 Å². The van der Waals surface area contributed by atoms with Crippen LogP contribution in [-0.2, 0) is 9.59 Å². The van der Waals surface area contributed by atoms with Gasteiger partial charge in [-0.3, -0.25) is 20.3 Å². The Morgan fingerprint density at radius 1 is 1.16 bits per heavy atom. The average molecular weight is 258 g/mol. The van der Waals surface area contributed by atoms with Crippen molar-refractivity contribution in [3.8, 4) is 0 Å². The van der Waals surface area contributed by atoms with E-state index in [9.17, 15) is 9.59 Å². The molecule has 0 fully saturated rings. The van der Waals surface area contributed by atoms with E-state index in [1.807, 2.05) is 30.3 Å². The molecule has 0 aliphatic heterocycles. The molecule has 0 saturated carbocycles. The predicted octanol–water partition coefficient (Wildman–Crippen LogP) is 0.286. The van der Waals surface area contributed by atoms with Gasteiger partial charge in [-0.1, -0.05) is 18.2 Å². The number of rotatable bonds is 7. The molecule has 19 heavy (non-hydrogen) atoms. The zero-order valence-corrected chi connectivity index (χ0v) is 10.6. The number of nitrogens with one attached hydrogen (secondary N) is 2. The number of benzene rings is 1. The third-order valence-electron chi connectivity index (χ3n) is 2.23. The summed E-state index contributed by atoms with van der Waals surface area (Å²) in [6, 6.07) is 9.45. The summed E-state index contributed by atoms with van der Waals surface area (Å²) >= 11 is 0. The molecule has 98 valence electrons. The molecule has 0 atom stereocenters. The molecule has 0 aromatic heterocycles. The van der Waals surface area contributed by atoms with Gasteiger partial charge >= 0.3 is 0 Å². The molecule has 0 aliphatic carbocycles. The first-order valence-corrected chi connectivity index (χ1v) is 5.72. The highest BCUT2D eigenvalue weighted by atomic mass is 16.1. The van der Waals surface area contributed by atoms with Crippen molar-refractivity contribution in [3.05, 3.63) is 54.9 Å². The highest BCUT2D eigenvalue weighted by molar-refractivity contribution is 6.69. The lowest BCUT2D eigenvalue weighted by Gasteiger charge is -1.94. The summed E-state index contributed by atoms with van der Waals surface area (Å²) in [7, 11) is 1.63. The summed E-state index contributed by atoms with van der Waals surface area (Å²) in [5, 5.41) is 11.8. The molecule has 5 nitrogen and oxygen atoms in total. The molecule has 0 unspecified atom stereocenters. The lowest BCUT2D eigenvalue weighted by atomic mass is 10.1. The Kier molecular flexibility index (Phi) is 5.91. The third kappa shape index (κ3) is 5.10. The van der Waals surface area contributed by atoms with Crippen molar-refractivity contribution in [2.75, 3.05) is 7.05 Å². The molecule has 4 N–H and O–H groups in total. The number of nitrogens with two attached hydrogens (primary N) is 1. The predicted molar refractivity (Wildman–Crippen MR) is 73.1 cm³/mol. The molecule has 1 aromatic carbocycles. The van der Waals surface area contributed by atoms with Gasteiger partial charge in [-0.25, -0.2) is 0 Å². The van der Waals surface area contributed by atoms with E-state index in [1.54, 1.807) is 12.4 Å². The smallest absolute Gasteiger partial charge is 0.212 e. The first kappa shape index (κ1) is 14.5. The average Bonchev–Trinajstić information content (AvgIpc) is 2.44. The standard InChI is InChI=1S/C14H15N3O2/c1-16-9-7-12(18)14(15)13(19)8-10-17-11-5-3-2-4-6-11/h2-10,15-17H,1H3/p+1. The van der Waals surface area contributed by atoms with E-state index in [-0.39, 0.29) is 0 Å². The van der Waals surface area contributed by atoms with Gasteiger partial charge in [0.25, 0.3) is 0 Å². The van der Waals surface area contributed by atoms with Crippen molar-refractivity contribution in [1.82, 2.24) is 5.32 Å². The van der Waals surface area contributed by atoms with Gasteiger partial charge in [0.15, 0.2) is 0 Å². The van der Waals surface area contributed by atoms with Crippen LogP contribution in [0.1, 0.15) is 0 Å². The largest absolute Gasteiger partial charge is 0.394 e. The molecule has 1 rings (SSSR count). The highest BCUT2D eigenvalue weighted by Crippen LogP contribution is 1.95. The maximum atomic E-state index is 11.5. The van der Waals surface area contributed by atoms with Gasteiger partial charge in [0.1, 0.15) is 17.6 Å². The number of ketones is 2. The van der Waals surface area contributed by atoms with Crippen LogP contribution in [0.4, 0.5) is 5.69 Å². The lowest BCUT2D eigenvalue weighted by Crippen LogP contribution is -2.71. The fraction of sp³-hybridized carbons (Fsp3) is 0.0714. The number of quaternary nitrogens is 1. The van der Waals surface area contributed by atoms with E-state index in [4.69, 9.17) is 5.41 Å². The van der Waals surface area contributed by atoms with Crippen LogP contribution >= 0.6 is 0 Å². The maximum Gasteiger partial charge on any atom is 0.212 e. The van der Waals surface area contributed by atoms with Crippen molar-refractivity contribution < 1.29 is 14.9 Å². The van der Waals surface area contributed by atoms with E-state index in [1.165, 1.54) is 18.5 Å². The van der Waals surface area contributed by atoms with Gasteiger partial charge in [-0.05, 0) is 12.1 Å². The van der Waals surface area contributed by atoms with Crippen molar-refractivity contribution in [1.29, 1.82) is 5.41 Å². The highest BCUT2D eigenvalue weighted by Gasteiger charge is 2.13. The topological polar surface area (TPSA) is 86.6 Å². The van der Waals surface area contributed by atoms with Crippen LogP contribution in [0, 0.1) is 5.41 Å². The molecule has 5 heteroatoms. The Hall–Kier alpha value is -2.53. The summed E-state index contributed by atoms with van der Waals surface area (Å²) in [6.45, 7) is 0. The Balaban J connectivity index is 2.53. The van der Waals surface area contributed by atoms with Gasteiger partial charge in [-0.2, -0.15) is 0 Å². The number of carbonyl (C=O) groups is 2. The molecule has 0 radical (unpaired) electrons. The van der Waals surface area contributed by atoms with Crippen molar-refractivity contribution in [3.63, 3.8) is 0 Å². The number of hydrogen-bond donors (Lipinski definition) is 3. The van der Waals surface area contributed by atoms with Crippen LogP contribution in [-0.4, -0.2) is 24.3 Å². The molecular weight excluding hydrogens is 242 g/mol. The normalized spacial score (nSPS) is 10.8. The Bertz CT molecular complexity index is 519. The van der Waals surface area contributed by atoms with E-state index >= 15 is 0 Å². The molecule has 0 saturated heterocycles. The van der Waals surface area contributed by atoms with Gasteiger partial charge in [-0.15, -0.1) is 0 Å². The van der Waals surface area contributed by atoms with Gasteiger partial charge in [0.2, 0.25) is 11.6 Å². The summed E-state index contributed by atoms with van der Waals surface area (Å²) in [5.41, 5.74) is 0.392. The summed E-state index contributed by atoms with van der Waals surface area (Å²) in [4.78, 5) is 22.9. The zero-order valence-electron chi connectivity index (χ0n) is 10.6. The maximum absolute atomic E-state index is 11.5. The van der Waals surface area contributed by atoms with Crippen molar-refractivity contribution in [2.24, 2.45) is 0 Å². The van der Waals surface area contributed by atoms with Crippen molar-refractivity contribution >= 4 is 23.0 Å². The zero-order chi connectivity index (χ0) is 14.1. The van der Waals surface area contributed by atoms with Gasteiger partial charge < -0.3 is 5.32 Å². The van der Waals surface area contributed by atoms with Crippen LogP contribution in [0.15, 0.2) is 54.9 Å². The minimum absolute atomic E-state index is 0.552. The van der Waals surface area contributed by atoms with Crippen LogP contribution < -0.4 is 10.6 Å². The number of allylic oxidation sites excluding steroid dienone is 2. The number of para-hydroxylation sites is 1. The van der Waals surface area contributed by atoms with Gasteiger partial charge in [0, 0.05) is 25.4 Å². The quantitative estimate of drug-likeness (QED) is 0.284. The minimum Gasteiger partial charge on any atom is -0.394 e. The van der Waals surface area contributed by atoms with E-state index in [0.29, 0.717) is 0 Å². The number of carbonyl (C=O) groups excluding carboxylic acids is 2. The molecule has 0 bridgehead atoms. The molecular formula is C14H16N3O2+. The second kappa shape index (κ2) is 7.73. The molecule has 1 aromatic rings. The first-order chi connectivity index (χ1) is 9.15. The van der Waals surface area contributed by atoms with Crippen molar-refractivity contribution in [2.45, 2.75) is 0 Å². The Morgan fingerprint density at radius 3 is 2.42 bits per heavy atom. The summed E-state index contributed by atoms with van der Waals surface area (Å²) in [5.74, 6) is -1.23. The second-order valence-corrected chi connectivity index (χ2v) is 3.66. The lowest BCUT2D eigenvalue weighted by molar-refractivity contribution is -0.496. The molecule has 0 heterocycles. The summed E-state index contributed by atoms with van der Waals surface area (Å²) < 4.78 is 0. The summed E-state index contributed by atoms with van der Waals surface area (Å²) in [6.07, 6.45) is 5.26. The van der Waals surface area contributed by atoms with Crippen LogP contribution in [0.25, 0.3) is 0 Å². The Labute approximate surface area is 111 Å². The monoisotopic (exact) mass is 258 g/mol. The molecule has 0 spiro atoms. The third-order valence-corrected chi connectivity index (χ3v) is 2.23. The van der Waals surface area contributed by atoms with E-state index in [0.717, 1.165) is 11.8 Å². The van der Waals surface area contributed by atoms with Gasteiger partial charge in [0.05, 0.1) is 0 Å². The SMILES string of the molecule is CNC=CC(=O)C(=N)C(=O)C=C[NH2+]c1ccccc1. The second-order valence-electron chi connectivity index (χ2n) is 3.66. The molecule has 0 amide bonds. The minimum atomic E-state index is -0.622. The molecule has 0 aliphatic rings. The van der Waals surface area contributed by atoms with E-state index in [2.05, 4.69) is 5.32 Å².